The van der Waals surface area contributed by atoms with Crippen molar-refractivity contribution in [1.82, 2.24) is 19.8 Å². The molecular weight excluding hydrogens is 310 g/mol. The van der Waals surface area contributed by atoms with Crippen molar-refractivity contribution in [3.8, 4) is 0 Å². The summed E-state index contributed by atoms with van der Waals surface area (Å²) in [6, 6.07) is 9.02. The zero-order valence-corrected chi connectivity index (χ0v) is 15.5. The Hall–Kier alpha value is -2.30. The van der Waals surface area contributed by atoms with Crippen LogP contribution >= 0.6 is 0 Å². The Bertz CT molecular complexity index is 692. The molecule has 0 spiro atoms. The molecule has 5 nitrogen and oxygen atoms in total. The summed E-state index contributed by atoms with van der Waals surface area (Å²) in [4.78, 5) is 11.5. The Morgan fingerprint density at radius 1 is 1.40 bits per heavy atom. The monoisotopic (exact) mass is 339 g/mol. The quantitative estimate of drug-likeness (QED) is 0.687. The van der Waals surface area contributed by atoms with Crippen molar-refractivity contribution in [3.63, 3.8) is 0 Å². The molecule has 25 heavy (non-hydrogen) atoms. The summed E-state index contributed by atoms with van der Waals surface area (Å²) in [6.45, 7) is 10.2. The molecule has 5 heteroatoms. The molecule has 2 heterocycles. The number of nitrogens with zero attached hydrogens (tertiary/aromatic N) is 4. The van der Waals surface area contributed by atoms with E-state index in [1.165, 1.54) is 11.1 Å². The van der Waals surface area contributed by atoms with Gasteiger partial charge in [-0.3, -0.25) is 0 Å². The lowest BCUT2D eigenvalue weighted by Crippen LogP contribution is -2.49. The van der Waals surface area contributed by atoms with E-state index in [0.717, 1.165) is 32.0 Å². The molecule has 2 aromatic rings. The second-order valence-corrected chi connectivity index (χ2v) is 6.95. The molecule has 1 saturated heterocycles. The first-order valence-corrected chi connectivity index (χ1v) is 9.23. The molecule has 0 saturated carbocycles. The van der Waals surface area contributed by atoms with E-state index in [-0.39, 0.29) is 0 Å². The van der Waals surface area contributed by atoms with E-state index in [4.69, 9.17) is 4.99 Å². The molecule has 1 aliphatic heterocycles. The summed E-state index contributed by atoms with van der Waals surface area (Å²) in [6.07, 6.45) is 7.03. The molecule has 1 N–H and O–H groups in total. The summed E-state index contributed by atoms with van der Waals surface area (Å²) >= 11 is 0. The normalized spacial score (nSPS) is 21.4. The number of hydrogen-bond donors (Lipinski definition) is 1. The van der Waals surface area contributed by atoms with Crippen LogP contribution < -0.4 is 5.32 Å². The second kappa shape index (κ2) is 8.19. The van der Waals surface area contributed by atoms with Crippen LogP contribution in [0.4, 0.5) is 0 Å². The summed E-state index contributed by atoms with van der Waals surface area (Å²) in [5.74, 6) is 1.66. The molecule has 3 rings (SSSR count). The van der Waals surface area contributed by atoms with Gasteiger partial charge in [-0.05, 0) is 31.7 Å². The Kier molecular flexibility index (Phi) is 5.74. The van der Waals surface area contributed by atoms with Crippen LogP contribution in [-0.2, 0) is 6.54 Å². The molecule has 1 aromatic carbocycles. The zero-order chi connectivity index (χ0) is 17.6. The maximum Gasteiger partial charge on any atom is 0.194 e. The van der Waals surface area contributed by atoms with E-state index in [9.17, 15) is 0 Å². The number of benzene rings is 1. The van der Waals surface area contributed by atoms with E-state index in [2.05, 4.69) is 71.0 Å². The van der Waals surface area contributed by atoms with E-state index >= 15 is 0 Å². The van der Waals surface area contributed by atoms with Crippen molar-refractivity contribution in [3.05, 3.63) is 54.1 Å². The summed E-state index contributed by atoms with van der Waals surface area (Å²) in [5.41, 5.74) is 2.54. The first kappa shape index (κ1) is 17.5. The van der Waals surface area contributed by atoms with Gasteiger partial charge in [-0.25, -0.2) is 9.98 Å². The van der Waals surface area contributed by atoms with Gasteiger partial charge in [0.05, 0.1) is 18.9 Å². The van der Waals surface area contributed by atoms with Crippen molar-refractivity contribution in [1.29, 1.82) is 0 Å². The fraction of sp³-hybridized carbons (Fsp3) is 0.500. The SMILES string of the molecule is CCNC(=NCc1cccc(C)c1)N1CCC(C)C(n2ccnc2)C1. The van der Waals surface area contributed by atoms with E-state index in [0.29, 0.717) is 18.5 Å². The van der Waals surface area contributed by atoms with Crippen molar-refractivity contribution in [2.24, 2.45) is 10.9 Å². The van der Waals surface area contributed by atoms with Gasteiger partial charge in [0, 0.05) is 32.0 Å². The zero-order valence-electron chi connectivity index (χ0n) is 15.5. The maximum absolute atomic E-state index is 4.90. The molecule has 1 aliphatic rings. The standard InChI is InChI=1S/C20H29N5/c1-4-22-20(23-13-18-7-5-6-16(2)12-18)24-10-8-17(3)19(14-24)25-11-9-21-15-25/h5-7,9,11-12,15,17,19H,4,8,10,13-14H2,1-3H3,(H,22,23). The Morgan fingerprint density at radius 3 is 3.00 bits per heavy atom. The van der Waals surface area contributed by atoms with Gasteiger partial charge in [-0.2, -0.15) is 0 Å². The van der Waals surface area contributed by atoms with E-state index in [1.54, 1.807) is 0 Å². The van der Waals surface area contributed by atoms with Gasteiger partial charge >= 0.3 is 0 Å². The third-order valence-corrected chi connectivity index (χ3v) is 4.95. The predicted molar refractivity (Wildman–Crippen MR) is 103 cm³/mol. The topological polar surface area (TPSA) is 45.5 Å². The van der Waals surface area contributed by atoms with Crippen LogP contribution in [0.25, 0.3) is 0 Å². The van der Waals surface area contributed by atoms with Crippen LogP contribution in [0, 0.1) is 12.8 Å². The Balaban J connectivity index is 1.74. The minimum absolute atomic E-state index is 0.444. The Morgan fingerprint density at radius 2 is 2.28 bits per heavy atom. The molecule has 0 radical (unpaired) electrons. The highest BCUT2D eigenvalue weighted by atomic mass is 15.3. The van der Waals surface area contributed by atoms with Crippen LogP contribution in [0.1, 0.15) is 37.4 Å². The number of aromatic nitrogens is 2. The highest BCUT2D eigenvalue weighted by Crippen LogP contribution is 2.27. The van der Waals surface area contributed by atoms with Crippen molar-refractivity contribution in [2.75, 3.05) is 19.6 Å². The molecule has 0 bridgehead atoms. The van der Waals surface area contributed by atoms with Crippen LogP contribution in [-0.4, -0.2) is 40.0 Å². The number of hydrogen-bond acceptors (Lipinski definition) is 2. The third kappa shape index (κ3) is 4.41. The van der Waals surface area contributed by atoms with Gasteiger partial charge in [0.2, 0.25) is 0 Å². The van der Waals surface area contributed by atoms with Crippen molar-refractivity contribution >= 4 is 5.96 Å². The third-order valence-electron chi connectivity index (χ3n) is 4.95. The number of piperidine rings is 1. The van der Waals surface area contributed by atoms with E-state index < -0.39 is 0 Å². The highest BCUT2D eigenvalue weighted by Gasteiger charge is 2.28. The van der Waals surface area contributed by atoms with Crippen molar-refractivity contribution in [2.45, 2.75) is 39.8 Å². The number of likely N-dealkylation sites (tertiary alicyclic amines) is 1. The van der Waals surface area contributed by atoms with Crippen LogP contribution in [0.3, 0.4) is 0 Å². The van der Waals surface area contributed by atoms with Gasteiger partial charge in [-0.15, -0.1) is 0 Å². The number of guanidine groups is 1. The number of imidazole rings is 1. The number of aryl methyl sites for hydroxylation is 1. The molecule has 0 amide bonds. The fourth-order valence-corrected chi connectivity index (χ4v) is 3.50. The summed E-state index contributed by atoms with van der Waals surface area (Å²) in [5, 5.41) is 3.47. The maximum atomic E-state index is 4.90. The second-order valence-electron chi connectivity index (χ2n) is 6.95. The lowest BCUT2D eigenvalue weighted by atomic mass is 9.93. The average Bonchev–Trinajstić information content (AvgIpc) is 3.14. The van der Waals surface area contributed by atoms with Gasteiger partial charge in [-0.1, -0.05) is 36.8 Å². The Labute approximate surface area is 150 Å². The largest absolute Gasteiger partial charge is 0.357 e. The summed E-state index contributed by atoms with van der Waals surface area (Å²) < 4.78 is 2.24. The van der Waals surface area contributed by atoms with Crippen LogP contribution in [0.15, 0.2) is 48.0 Å². The first-order chi connectivity index (χ1) is 12.2. The number of rotatable bonds is 4. The van der Waals surface area contributed by atoms with Gasteiger partial charge < -0.3 is 14.8 Å². The average molecular weight is 339 g/mol. The van der Waals surface area contributed by atoms with Crippen LogP contribution in [0.2, 0.25) is 0 Å². The molecule has 1 aromatic heterocycles. The van der Waals surface area contributed by atoms with Gasteiger partial charge in [0.25, 0.3) is 0 Å². The lowest BCUT2D eigenvalue weighted by Gasteiger charge is -2.39. The number of aliphatic imine (C=N–C) groups is 1. The summed E-state index contributed by atoms with van der Waals surface area (Å²) in [7, 11) is 0. The van der Waals surface area contributed by atoms with Crippen LogP contribution in [0.5, 0.6) is 0 Å². The smallest absolute Gasteiger partial charge is 0.194 e. The molecule has 2 unspecified atom stereocenters. The molecule has 134 valence electrons. The van der Waals surface area contributed by atoms with E-state index in [1.807, 2.05) is 12.5 Å². The first-order valence-electron chi connectivity index (χ1n) is 9.23. The lowest BCUT2D eigenvalue weighted by molar-refractivity contribution is 0.189. The van der Waals surface area contributed by atoms with Crippen molar-refractivity contribution < 1.29 is 0 Å². The molecule has 0 aliphatic carbocycles. The highest BCUT2D eigenvalue weighted by molar-refractivity contribution is 5.80. The molecule has 2 atom stereocenters. The number of nitrogens with one attached hydrogen (secondary N) is 1. The molecule has 1 fully saturated rings. The molecular formula is C20H29N5. The van der Waals surface area contributed by atoms with Gasteiger partial charge in [0.15, 0.2) is 5.96 Å². The van der Waals surface area contributed by atoms with Gasteiger partial charge in [0.1, 0.15) is 0 Å². The minimum Gasteiger partial charge on any atom is -0.357 e. The predicted octanol–water partition coefficient (Wildman–Crippen LogP) is 3.24. The minimum atomic E-state index is 0.444. The fourth-order valence-electron chi connectivity index (χ4n) is 3.50.